The van der Waals surface area contributed by atoms with E-state index in [4.69, 9.17) is 0 Å². The number of carbonyl (C=O) groups is 2. The summed E-state index contributed by atoms with van der Waals surface area (Å²) in [4.78, 5) is 28.7. The molecule has 4 saturated carbocycles. The predicted octanol–water partition coefficient (Wildman–Crippen LogP) is 5.69. The maximum atomic E-state index is 12.2. The van der Waals surface area contributed by atoms with Crippen LogP contribution < -0.4 is 0 Å². The SMILES string of the molecule is CCCN(C(=O)CC1CCC(O)CC1)C1CC1.CCCN(C(=O)CC1CCCCC1)C1CC1. The van der Waals surface area contributed by atoms with E-state index in [9.17, 15) is 14.7 Å². The van der Waals surface area contributed by atoms with Gasteiger partial charge in [0, 0.05) is 38.0 Å². The van der Waals surface area contributed by atoms with Gasteiger partial charge >= 0.3 is 0 Å². The predicted molar refractivity (Wildman–Crippen MR) is 134 cm³/mol. The molecule has 33 heavy (non-hydrogen) atoms. The standard InChI is InChI=1S/C14H25NO2.C14H25NO/c1-2-9-15(12-5-6-12)14(17)10-11-3-7-13(16)8-4-11;1-2-10-15(13-8-9-13)14(16)11-12-6-4-3-5-7-12/h11-13,16H,2-10H2,1H3;12-13H,2-11H2,1H3. The highest BCUT2D eigenvalue weighted by atomic mass is 16.3. The van der Waals surface area contributed by atoms with E-state index in [1.54, 1.807) is 0 Å². The number of hydrogen-bond donors (Lipinski definition) is 1. The molecule has 0 aliphatic heterocycles. The summed E-state index contributed by atoms with van der Waals surface area (Å²) >= 11 is 0. The lowest BCUT2D eigenvalue weighted by molar-refractivity contribution is -0.134. The Balaban J connectivity index is 0.000000186. The van der Waals surface area contributed by atoms with Gasteiger partial charge in [-0.05, 0) is 88.9 Å². The Bertz CT molecular complexity index is 588. The molecule has 0 saturated heterocycles. The van der Waals surface area contributed by atoms with E-state index in [-0.39, 0.29) is 6.10 Å². The Morgan fingerprint density at radius 3 is 1.45 bits per heavy atom. The van der Waals surface area contributed by atoms with Gasteiger partial charge in [-0.2, -0.15) is 0 Å². The van der Waals surface area contributed by atoms with Crippen LogP contribution in [0.4, 0.5) is 0 Å². The number of hydrogen-bond acceptors (Lipinski definition) is 3. The Morgan fingerprint density at radius 1 is 0.636 bits per heavy atom. The fraction of sp³-hybridized carbons (Fsp3) is 0.929. The average molecular weight is 463 g/mol. The monoisotopic (exact) mass is 462 g/mol. The molecular formula is C28H50N2O3. The van der Waals surface area contributed by atoms with Crippen LogP contribution in [0.1, 0.15) is 123 Å². The van der Waals surface area contributed by atoms with Gasteiger partial charge < -0.3 is 14.9 Å². The molecule has 0 aromatic carbocycles. The zero-order chi connectivity index (χ0) is 23.6. The number of aliphatic hydroxyl groups is 1. The topological polar surface area (TPSA) is 60.9 Å². The van der Waals surface area contributed by atoms with Crippen molar-refractivity contribution in [2.24, 2.45) is 11.8 Å². The number of carbonyl (C=O) groups excluding carboxylic acids is 2. The third kappa shape index (κ3) is 9.22. The van der Waals surface area contributed by atoms with E-state index in [0.29, 0.717) is 42.2 Å². The molecule has 0 unspecified atom stereocenters. The quantitative estimate of drug-likeness (QED) is 0.454. The summed E-state index contributed by atoms with van der Waals surface area (Å²) in [6.07, 6.45) is 19.0. The molecule has 4 aliphatic rings. The van der Waals surface area contributed by atoms with E-state index in [0.717, 1.165) is 58.0 Å². The maximum absolute atomic E-state index is 12.2. The van der Waals surface area contributed by atoms with Crippen molar-refractivity contribution < 1.29 is 14.7 Å². The summed E-state index contributed by atoms with van der Waals surface area (Å²) in [6, 6.07) is 1.16. The molecule has 4 aliphatic carbocycles. The molecule has 0 heterocycles. The molecule has 0 atom stereocenters. The second-order valence-corrected chi connectivity index (χ2v) is 11.2. The third-order valence-corrected chi connectivity index (χ3v) is 8.01. The van der Waals surface area contributed by atoms with Crippen molar-refractivity contribution in [3.8, 4) is 0 Å². The minimum Gasteiger partial charge on any atom is -0.393 e. The third-order valence-electron chi connectivity index (χ3n) is 8.01. The van der Waals surface area contributed by atoms with Crippen molar-refractivity contribution in [2.45, 2.75) is 141 Å². The van der Waals surface area contributed by atoms with Gasteiger partial charge in [0.2, 0.25) is 11.8 Å². The molecule has 0 bridgehead atoms. The normalized spacial score (nSPS) is 25.7. The molecule has 0 aromatic rings. The summed E-state index contributed by atoms with van der Waals surface area (Å²) in [6.45, 7) is 6.22. The molecule has 4 fully saturated rings. The van der Waals surface area contributed by atoms with Crippen molar-refractivity contribution in [1.29, 1.82) is 0 Å². The number of rotatable bonds is 10. The molecule has 190 valence electrons. The summed E-state index contributed by atoms with van der Waals surface area (Å²) in [7, 11) is 0. The van der Waals surface area contributed by atoms with Crippen LogP contribution >= 0.6 is 0 Å². The van der Waals surface area contributed by atoms with Crippen LogP contribution in [0.2, 0.25) is 0 Å². The smallest absolute Gasteiger partial charge is 0.223 e. The molecular weight excluding hydrogens is 412 g/mol. The van der Waals surface area contributed by atoms with Crippen LogP contribution in [-0.2, 0) is 9.59 Å². The number of amides is 2. The molecule has 0 spiro atoms. The summed E-state index contributed by atoms with van der Waals surface area (Å²) in [5.74, 6) is 2.01. The van der Waals surface area contributed by atoms with Crippen LogP contribution in [0.15, 0.2) is 0 Å². The van der Waals surface area contributed by atoms with E-state index in [1.807, 2.05) is 0 Å². The summed E-state index contributed by atoms with van der Waals surface area (Å²) in [5, 5.41) is 9.46. The van der Waals surface area contributed by atoms with Gasteiger partial charge in [0.25, 0.3) is 0 Å². The van der Waals surface area contributed by atoms with Gasteiger partial charge in [0.15, 0.2) is 0 Å². The van der Waals surface area contributed by atoms with Crippen molar-refractivity contribution in [3.63, 3.8) is 0 Å². The molecule has 2 amide bonds. The molecule has 1 N–H and O–H groups in total. The van der Waals surface area contributed by atoms with Crippen molar-refractivity contribution >= 4 is 11.8 Å². The van der Waals surface area contributed by atoms with Gasteiger partial charge in [0.05, 0.1) is 6.10 Å². The van der Waals surface area contributed by atoms with Crippen LogP contribution in [0.5, 0.6) is 0 Å². The van der Waals surface area contributed by atoms with E-state index < -0.39 is 0 Å². The lowest BCUT2D eigenvalue weighted by Crippen LogP contribution is -2.35. The van der Waals surface area contributed by atoms with Gasteiger partial charge in [-0.1, -0.05) is 33.1 Å². The first-order chi connectivity index (χ1) is 16.0. The number of aliphatic hydroxyl groups excluding tert-OH is 1. The Hall–Kier alpha value is -1.10. The Kier molecular flexibility index (Phi) is 11.0. The highest BCUT2D eigenvalue weighted by Crippen LogP contribution is 2.32. The maximum Gasteiger partial charge on any atom is 0.223 e. The van der Waals surface area contributed by atoms with Crippen LogP contribution in [0.3, 0.4) is 0 Å². The zero-order valence-corrected chi connectivity index (χ0v) is 21.5. The first-order valence-corrected chi connectivity index (χ1v) is 14.3. The fourth-order valence-corrected chi connectivity index (χ4v) is 5.74. The molecule has 0 radical (unpaired) electrons. The lowest BCUT2D eigenvalue weighted by atomic mass is 9.85. The number of nitrogens with zero attached hydrogens (tertiary/aromatic N) is 2. The Morgan fingerprint density at radius 2 is 1.06 bits per heavy atom. The van der Waals surface area contributed by atoms with Crippen molar-refractivity contribution in [2.75, 3.05) is 13.1 Å². The average Bonchev–Trinajstić information content (AvgIpc) is 3.72. The van der Waals surface area contributed by atoms with Crippen LogP contribution in [-0.4, -0.2) is 58.0 Å². The Labute approximate surface area is 202 Å². The van der Waals surface area contributed by atoms with Crippen LogP contribution in [0, 0.1) is 11.8 Å². The highest BCUT2D eigenvalue weighted by Gasteiger charge is 2.34. The van der Waals surface area contributed by atoms with Crippen molar-refractivity contribution in [3.05, 3.63) is 0 Å². The van der Waals surface area contributed by atoms with Gasteiger partial charge in [0.1, 0.15) is 0 Å². The molecule has 5 heteroatoms. The van der Waals surface area contributed by atoms with E-state index in [1.165, 1.54) is 57.8 Å². The first kappa shape index (κ1) is 26.5. The minimum atomic E-state index is -0.114. The van der Waals surface area contributed by atoms with Crippen molar-refractivity contribution in [1.82, 2.24) is 9.80 Å². The van der Waals surface area contributed by atoms with Gasteiger partial charge in [-0.3, -0.25) is 9.59 Å². The highest BCUT2D eigenvalue weighted by molar-refractivity contribution is 5.77. The summed E-state index contributed by atoms with van der Waals surface area (Å²) < 4.78 is 0. The largest absolute Gasteiger partial charge is 0.393 e. The van der Waals surface area contributed by atoms with E-state index >= 15 is 0 Å². The van der Waals surface area contributed by atoms with E-state index in [2.05, 4.69) is 23.6 Å². The zero-order valence-electron chi connectivity index (χ0n) is 21.5. The molecule has 0 aromatic heterocycles. The first-order valence-electron chi connectivity index (χ1n) is 14.3. The fourth-order valence-electron chi connectivity index (χ4n) is 5.74. The summed E-state index contributed by atoms with van der Waals surface area (Å²) in [5.41, 5.74) is 0. The van der Waals surface area contributed by atoms with Gasteiger partial charge in [-0.25, -0.2) is 0 Å². The van der Waals surface area contributed by atoms with Crippen LogP contribution in [0.25, 0.3) is 0 Å². The molecule has 4 rings (SSSR count). The van der Waals surface area contributed by atoms with Gasteiger partial charge in [-0.15, -0.1) is 0 Å². The second kappa shape index (κ2) is 13.7. The molecule has 5 nitrogen and oxygen atoms in total. The second-order valence-electron chi connectivity index (χ2n) is 11.2. The lowest BCUT2D eigenvalue weighted by Gasteiger charge is -2.28. The minimum absolute atomic E-state index is 0.114.